The van der Waals surface area contributed by atoms with Crippen molar-refractivity contribution < 1.29 is 14.6 Å². The van der Waals surface area contributed by atoms with Crippen molar-refractivity contribution in [2.45, 2.75) is 39.2 Å². The third-order valence-electron chi connectivity index (χ3n) is 2.70. The second kappa shape index (κ2) is 5.19. The van der Waals surface area contributed by atoms with Crippen LogP contribution in [0.4, 0.5) is 0 Å². The van der Waals surface area contributed by atoms with E-state index in [0.717, 1.165) is 4.88 Å². The SMILES string of the molecule is COC(=O)C(C)C(O)c1ccc(C(C)(C)C)s1. The molecule has 3 nitrogen and oxygen atoms in total. The maximum Gasteiger partial charge on any atom is 0.311 e. The molecule has 0 aliphatic heterocycles. The molecule has 1 heterocycles. The highest BCUT2D eigenvalue weighted by Gasteiger charge is 2.26. The van der Waals surface area contributed by atoms with Gasteiger partial charge in [0.25, 0.3) is 0 Å². The Bertz CT molecular complexity index is 390. The molecule has 96 valence electrons. The maximum absolute atomic E-state index is 11.4. The van der Waals surface area contributed by atoms with E-state index in [4.69, 9.17) is 0 Å². The van der Waals surface area contributed by atoms with Gasteiger partial charge < -0.3 is 9.84 Å². The van der Waals surface area contributed by atoms with Crippen LogP contribution < -0.4 is 0 Å². The first kappa shape index (κ1) is 14.2. The second-order valence-electron chi connectivity index (χ2n) is 5.21. The van der Waals surface area contributed by atoms with Gasteiger partial charge in [-0.2, -0.15) is 0 Å². The highest BCUT2D eigenvalue weighted by molar-refractivity contribution is 7.12. The lowest BCUT2D eigenvalue weighted by Crippen LogP contribution is -2.19. The summed E-state index contributed by atoms with van der Waals surface area (Å²) in [6.45, 7) is 8.04. The number of hydrogen-bond acceptors (Lipinski definition) is 4. The van der Waals surface area contributed by atoms with Crippen molar-refractivity contribution in [2.24, 2.45) is 5.92 Å². The lowest BCUT2D eigenvalue weighted by molar-refractivity contribution is -0.148. The average molecular weight is 256 g/mol. The molecule has 0 saturated carbocycles. The van der Waals surface area contributed by atoms with E-state index < -0.39 is 12.0 Å². The first-order valence-electron chi connectivity index (χ1n) is 5.63. The van der Waals surface area contributed by atoms with Crippen LogP contribution in [-0.4, -0.2) is 18.2 Å². The van der Waals surface area contributed by atoms with E-state index in [1.807, 2.05) is 12.1 Å². The Morgan fingerprint density at radius 1 is 1.41 bits per heavy atom. The normalized spacial score (nSPS) is 15.4. The number of ether oxygens (including phenoxy) is 1. The molecule has 4 heteroatoms. The van der Waals surface area contributed by atoms with Crippen LogP contribution in [-0.2, 0) is 14.9 Å². The monoisotopic (exact) mass is 256 g/mol. The minimum absolute atomic E-state index is 0.0666. The Hall–Kier alpha value is -0.870. The Morgan fingerprint density at radius 3 is 2.41 bits per heavy atom. The molecule has 0 amide bonds. The summed E-state index contributed by atoms with van der Waals surface area (Å²) in [5.74, 6) is -0.922. The molecule has 2 atom stereocenters. The first-order valence-corrected chi connectivity index (χ1v) is 6.45. The number of thiophene rings is 1. The quantitative estimate of drug-likeness (QED) is 0.846. The van der Waals surface area contributed by atoms with E-state index in [9.17, 15) is 9.90 Å². The molecule has 1 aromatic rings. The Morgan fingerprint density at radius 2 is 2.00 bits per heavy atom. The van der Waals surface area contributed by atoms with Gasteiger partial charge in [-0.05, 0) is 24.5 Å². The predicted octanol–water partition coefficient (Wildman–Crippen LogP) is 2.89. The van der Waals surface area contributed by atoms with Crippen molar-refractivity contribution in [3.8, 4) is 0 Å². The van der Waals surface area contributed by atoms with Gasteiger partial charge in [0.05, 0.1) is 13.0 Å². The lowest BCUT2D eigenvalue weighted by atomic mass is 9.95. The predicted molar refractivity (Wildman–Crippen MR) is 69.2 cm³/mol. The molecule has 17 heavy (non-hydrogen) atoms. The van der Waals surface area contributed by atoms with Crippen molar-refractivity contribution in [3.63, 3.8) is 0 Å². The topological polar surface area (TPSA) is 46.5 Å². The van der Waals surface area contributed by atoms with E-state index in [-0.39, 0.29) is 11.4 Å². The van der Waals surface area contributed by atoms with Gasteiger partial charge in [-0.15, -0.1) is 11.3 Å². The van der Waals surface area contributed by atoms with Crippen LogP contribution in [0, 0.1) is 5.92 Å². The fraction of sp³-hybridized carbons (Fsp3) is 0.615. The van der Waals surface area contributed by atoms with Crippen LogP contribution in [0.1, 0.15) is 43.6 Å². The molecule has 1 aromatic heterocycles. The maximum atomic E-state index is 11.4. The van der Waals surface area contributed by atoms with Gasteiger partial charge in [-0.25, -0.2) is 0 Å². The van der Waals surface area contributed by atoms with Crippen LogP contribution in [0.25, 0.3) is 0 Å². The van der Waals surface area contributed by atoms with Gasteiger partial charge in [-0.1, -0.05) is 20.8 Å². The van der Waals surface area contributed by atoms with Crippen LogP contribution in [0.3, 0.4) is 0 Å². The standard InChI is InChI=1S/C13H20O3S/c1-8(12(15)16-5)11(14)9-6-7-10(17-9)13(2,3)4/h6-8,11,14H,1-5H3. The second-order valence-corrected chi connectivity index (χ2v) is 6.32. The lowest BCUT2D eigenvalue weighted by Gasteiger charge is -2.17. The summed E-state index contributed by atoms with van der Waals surface area (Å²) in [6, 6.07) is 3.89. The Kier molecular flexibility index (Phi) is 4.33. The molecule has 0 spiro atoms. The fourth-order valence-corrected chi connectivity index (χ4v) is 2.63. The molecule has 0 radical (unpaired) electrons. The molecule has 1 rings (SSSR count). The molecular formula is C13H20O3S. The number of hydrogen-bond donors (Lipinski definition) is 1. The number of aliphatic hydroxyl groups excluding tert-OH is 1. The summed E-state index contributed by atoms with van der Waals surface area (Å²) >= 11 is 1.55. The van der Waals surface area contributed by atoms with Gasteiger partial charge in [0.2, 0.25) is 0 Å². The number of rotatable bonds is 3. The van der Waals surface area contributed by atoms with Crippen molar-refractivity contribution in [2.75, 3.05) is 7.11 Å². The molecule has 0 fully saturated rings. The smallest absolute Gasteiger partial charge is 0.311 e. The van der Waals surface area contributed by atoms with Gasteiger partial charge in [0.15, 0.2) is 0 Å². The highest BCUT2D eigenvalue weighted by atomic mass is 32.1. The number of esters is 1. The molecule has 0 saturated heterocycles. The van der Waals surface area contributed by atoms with Crippen LogP contribution >= 0.6 is 11.3 Å². The molecule has 0 bridgehead atoms. The van der Waals surface area contributed by atoms with Crippen molar-refractivity contribution in [3.05, 3.63) is 21.9 Å². The third-order valence-corrected chi connectivity index (χ3v) is 4.29. The van der Waals surface area contributed by atoms with E-state index in [0.29, 0.717) is 0 Å². The largest absolute Gasteiger partial charge is 0.469 e. The summed E-state index contributed by atoms with van der Waals surface area (Å²) in [6.07, 6.45) is -0.788. The third kappa shape index (κ3) is 3.30. The van der Waals surface area contributed by atoms with Gasteiger partial charge in [0.1, 0.15) is 6.10 Å². The van der Waals surface area contributed by atoms with E-state index in [1.165, 1.54) is 12.0 Å². The fourth-order valence-electron chi connectivity index (χ4n) is 1.48. The van der Waals surface area contributed by atoms with Crippen LogP contribution in [0.2, 0.25) is 0 Å². The molecule has 0 aliphatic rings. The Labute approximate surface area is 106 Å². The number of aliphatic hydroxyl groups is 1. The summed E-state index contributed by atoms with van der Waals surface area (Å²) in [5.41, 5.74) is 0.0666. The average Bonchev–Trinajstić information content (AvgIpc) is 2.74. The number of carbonyl (C=O) groups excluding carboxylic acids is 1. The van der Waals surface area contributed by atoms with Crippen LogP contribution in [0.5, 0.6) is 0 Å². The number of methoxy groups -OCH3 is 1. The molecule has 1 N–H and O–H groups in total. The zero-order chi connectivity index (χ0) is 13.2. The molecule has 2 unspecified atom stereocenters. The summed E-state index contributed by atoms with van der Waals surface area (Å²) < 4.78 is 4.63. The van der Waals surface area contributed by atoms with Crippen molar-refractivity contribution in [1.29, 1.82) is 0 Å². The van der Waals surface area contributed by atoms with E-state index in [2.05, 4.69) is 25.5 Å². The van der Waals surface area contributed by atoms with Gasteiger partial charge in [0, 0.05) is 9.75 Å². The van der Waals surface area contributed by atoms with Gasteiger partial charge >= 0.3 is 5.97 Å². The molecular weight excluding hydrogens is 236 g/mol. The number of carbonyl (C=O) groups is 1. The van der Waals surface area contributed by atoms with E-state index >= 15 is 0 Å². The molecule has 0 aromatic carbocycles. The summed E-state index contributed by atoms with van der Waals surface area (Å²) in [5, 5.41) is 10.1. The van der Waals surface area contributed by atoms with Crippen molar-refractivity contribution >= 4 is 17.3 Å². The summed E-state index contributed by atoms with van der Waals surface area (Å²) in [7, 11) is 1.33. The summed E-state index contributed by atoms with van der Waals surface area (Å²) in [4.78, 5) is 13.4. The zero-order valence-electron chi connectivity index (χ0n) is 11.0. The van der Waals surface area contributed by atoms with Gasteiger partial charge in [-0.3, -0.25) is 4.79 Å². The van der Waals surface area contributed by atoms with Crippen LogP contribution in [0.15, 0.2) is 12.1 Å². The van der Waals surface area contributed by atoms with Crippen molar-refractivity contribution in [1.82, 2.24) is 0 Å². The van der Waals surface area contributed by atoms with E-state index in [1.54, 1.807) is 18.3 Å². The highest BCUT2D eigenvalue weighted by Crippen LogP contribution is 2.34. The zero-order valence-corrected chi connectivity index (χ0v) is 11.8. The Balaban J connectivity index is 2.87. The minimum Gasteiger partial charge on any atom is -0.469 e. The molecule has 0 aliphatic carbocycles. The first-order chi connectivity index (χ1) is 7.77. The minimum atomic E-state index is -0.788.